The average molecular weight is 216 g/mol. The highest BCUT2D eigenvalue weighted by Crippen LogP contribution is 2.17. The Bertz CT molecular complexity index is 442. The molecule has 0 aliphatic heterocycles. The van der Waals surface area contributed by atoms with Gasteiger partial charge in [-0.25, -0.2) is 4.79 Å². The molecule has 0 aliphatic carbocycles. The van der Waals surface area contributed by atoms with Gasteiger partial charge in [-0.2, -0.15) is 0 Å². The van der Waals surface area contributed by atoms with Gasteiger partial charge in [-0.3, -0.25) is 0 Å². The molecule has 2 heteroatoms. The van der Waals surface area contributed by atoms with Crippen LogP contribution in [0.4, 0.5) is 0 Å². The Kier molecular flexibility index (Phi) is 4.06. The molecular weight excluding hydrogens is 200 g/mol. The van der Waals surface area contributed by atoms with E-state index in [0.717, 1.165) is 11.1 Å². The van der Waals surface area contributed by atoms with Crippen LogP contribution in [0.5, 0.6) is 0 Å². The van der Waals surface area contributed by atoms with Gasteiger partial charge < -0.3 is 4.74 Å². The van der Waals surface area contributed by atoms with Gasteiger partial charge in [0.2, 0.25) is 0 Å². The summed E-state index contributed by atoms with van der Waals surface area (Å²) in [6.45, 7) is 7.57. The highest BCUT2D eigenvalue weighted by Gasteiger charge is 2.10. The third-order valence-corrected chi connectivity index (χ3v) is 2.35. The second-order valence-electron chi connectivity index (χ2n) is 3.69. The van der Waals surface area contributed by atoms with Gasteiger partial charge in [0.25, 0.3) is 0 Å². The first-order chi connectivity index (χ1) is 7.56. The minimum absolute atomic E-state index is 0.351. The lowest BCUT2D eigenvalue weighted by atomic mass is 10.0. The van der Waals surface area contributed by atoms with Crippen LogP contribution in [0.25, 0.3) is 6.08 Å². The molecule has 0 unspecified atom stereocenters. The first kappa shape index (κ1) is 12.2. The van der Waals surface area contributed by atoms with Gasteiger partial charge in [0.15, 0.2) is 0 Å². The van der Waals surface area contributed by atoms with Crippen LogP contribution in [0.3, 0.4) is 0 Å². The molecule has 0 spiro atoms. The van der Waals surface area contributed by atoms with Crippen LogP contribution < -0.4 is 0 Å². The lowest BCUT2D eigenvalue weighted by Gasteiger charge is -2.06. The van der Waals surface area contributed by atoms with Crippen molar-refractivity contribution in [2.45, 2.75) is 13.8 Å². The van der Waals surface area contributed by atoms with Crippen molar-refractivity contribution in [2.24, 2.45) is 0 Å². The van der Waals surface area contributed by atoms with E-state index in [2.05, 4.69) is 6.58 Å². The van der Waals surface area contributed by atoms with Crippen LogP contribution >= 0.6 is 0 Å². The van der Waals surface area contributed by atoms with E-state index in [0.29, 0.717) is 11.1 Å². The van der Waals surface area contributed by atoms with E-state index in [-0.39, 0.29) is 5.97 Å². The second kappa shape index (κ2) is 5.31. The summed E-state index contributed by atoms with van der Waals surface area (Å²) in [5, 5.41) is 0. The van der Waals surface area contributed by atoms with E-state index in [4.69, 9.17) is 4.74 Å². The summed E-state index contributed by atoms with van der Waals surface area (Å²) in [6.07, 6.45) is 1.81. The normalized spacial score (nSPS) is 11.1. The maximum absolute atomic E-state index is 11.5. The summed E-state index contributed by atoms with van der Waals surface area (Å²) >= 11 is 0. The molecule has 0 radical (unpaired) electrons. The number of ether oxygens (including phenoxy) is 1. The molecule has 0 bridgehead atoms. The van der Waals surface area contributed by atoms with E-state index < -0.39 is 0 Å². The Balaban J connectivity index is 3.18. The summed E-state index contributed by atoms with van der Waals surface area (Å²) in [4.78, 5) is 11.5. The van der Waals surface area contributed by atoms with Crippen molar-refractivity contribution in [3.8, 4) is 0 Å². The third-order valence-electron chi connectivity index (χ3n) is 2.35. The molecule has 16 heavy (non-hydrogen) atoms. The first-order valence-electron chi connectivity index (χ1n) is 5.07. The van der Waals surface area contributed by atoms with Crippen molar-refractivity contribution in [3.63, 3.8) is 0 Å². The molecule has 0 aromatic heterocycles. The molecule has 0 fully saturated rings. The summed E-state index contributed by atoms with van der Waals surface area (Å²) in [5.41, 5.74) is 3.34. The molecule has 84 valence electrons. The Morgan fingerprint density at radius 2 is 2.00 bits per heavy atom. The molecule has 0 aliphatic rings. The van der Waals surface area contributed by atoms with E-state index in [1.165, 1.54) is 7.11 Å². The third kappa shape index (κ3) is 2.83. The summed E-state index contributed by atoms with van der Waals surface area (Å²) in [7, 11) is 1.37. The van der Waals surface area contributed by atoms with Gasteiger partial charge in [-0.15, -0.1) is 0 Å². The number of esters is 1. The smallest absolute Gasteiger partial charge is 0.338 e. The Morgan fingerprint density at radius 1 is 1.38 bits per heavy atom. The van der Waals surface area contributed by atoms with Crippen molar-refractivity contribution in [1.82, 2.24) is 0 Å². The fourth-order valence-electron chi connectivity index (χ4n) is 1.37. The van der Waals surface area contributed by atoms with Gasteiger partial charge in [0, 0.05) is 0 Å². The SMILES string of the molecule is C=C(C)C(=Cc1ccccc1C)C(=O)OC. The van der Waals surface area contributed by atoms with Crippen LogP contribution in [-0.2, 0) is 9.53 Å². The lowest BCUT2D eigenvalue weighted by molar-refractivity contribution is -0.135. The number of benzene rings is 1. The average Bonchev–Trinajstić information content (AvgIpc) is 2.26. The maximum atomic E-state index is 11.5. The van der Waals surface area contributed by atoms with Crippen molar-refractivity contribution in [3.05, 3.63) is 53.1 Å². The van der Waals surface area contributed by atoms with E-state index in [1.807, 2.05) is 37.3 Å². The highest BCUT2D eigenvalue weighted by molar-refractivity contribution is 5.98. The minimum atomic E-state index is -0.351. The fourth-order valence-corrected chi connectivity index (χ4v) is 1.37. The molecule has 0 saturated carbocycles. The van der Waals surface area contributed by atoms with Crippen molar-refractivity contribution >= 4 is 12.0 Å². The first-order valence-corrected chi connectivity index (χ1v) is 5.07. The molecular formula is C14H16O2. The second-order valence-corrected chi connectivity index (χ2v) is 3.69. The number of carbonyl (C=O) groups excluding carboxylic acids is 1. The monoisotopic (exact) mass is 216 g/mol. The van der Waals surface area contributed by atoms with E-state index >= 15 is 0 Å². The van der Waals surface area contributed by atoms with Gasteiger partial charge in [0.05, 0.1) is 12.7 Å². The van der Waals surface area contributed by atoms with Crippen LogP contribution in [0, 0.1) is 6.92 Å². The molecule has 0 N–H and O–H groups in total. The van der Waals surface area contributed by atoms with Crippen molar-refractivity contribution < 1.29 is 9.53 Å². The molecule has 0 saturated heterocycles. The number of methoxy groups -OCH3 is 1. The Hall–Kier alpha value is -1.83. The van der Waals surface area contributed by atoms with Crippen LogP contribution in [-0.4, -0.2) is 13.1 Å². The van der Waals surface area contributed by atoms with Crippen molar-refractivity contribution in [1.29, 1.82) is 0 Å². The molecule has 1 aromatic carbocycles. The standard InChI is InChI=1S/C14H16O2/c1-10(2)13(14(15)16-4)9-12-8-6-5-7-11(12)3/h5-9H,1H2,2-4H3. The van der Waals surface area contributed by atoms with E-state index in [9.17, 15) is 4.79 Å². The number of hydrogen-bond donors (Lipinski definition) is 0. The quantitative estimate of drug-likeness (QED) is 0.441. The molecule has 1 rings (SSSR count). The number of aryl methyl sites for hydroxylation is 1. The number of hydrogen-bond acceptors (Lipinski definition) is 2. The molecule has 0 heterocycles. The van der Waals surface area contributed by atoms with Crippen LogP contribution in [0.2, 0.25) is 0 Å². The minimum Gasteiger partial charge on any atom is -0.465 e. The van der Waals surface area contributed by atoms with Gasteiger partial charge >= 0.3 is 5.97 Å². The zero-order valence-corrected chi connectivity index (χ0v) is 9.91. The molecule has 1 aromatic rings. The molecule has 0 atom stereocenters. The summed E-state index contributed by atoms with van der Waals surface area (Å²) in [6, 6.07) is 7.86. The molecule has 2 nitrogen and oxygen atoms in total. The molecule has 0 amide bonds. The predicted molar refractivity (Wildman–Crippen MR) is 66.0 cm³/mol. The fraction of sp³-hybridized carbons (Fsp3) is 0.214. The van der Waals surface area contributed by atoms with Gasteiger partial charge in [-0.05, 0) is 36.6 Å². The Morgan fingerprint density at radius 3 is 2.50 bits per heavy atom. The largest absolute Gasteiger partial charge is 0.465 e. The zero-order valence-electron chi connectivity index (χ0n) is 9.91. The number of carbonyl (C=O) groups is 1. The highest BCUT2D eigenvalue weighted by atomic mass is 16.5. The van der Waals surface area contributed by atoms with Crippen LogP contribution in [0.1, 0.15) is 18.1 Å². The summed E-state index contributed by atoms with van der Waals surface area (Å²) in [5.74, 6) is -0.351. The maximum Gasteiger partial charge on any atom is 0.338 e. The lowest BCUT2D eigenvalue weighted by Crippen LogP contribution is -2.05. The van der Waals surface area contributed by atoms with E-state index in [1.54, 1.807) is 6.92 Å². The van der Waals surface area contributed by atoms with Crippen LogP contribution in [0.15, 0.2) is 42.0 Å². The topological polar surface area (TPSA) is 26.3 Å². The predicted octanol–water partition coefficient (Wildman–Crippen LogP) is 3.13. The Labute approximate surface area is 96.2 Å². The summed E-state index contributed by atoms with van der Waals surface area (Å²) < 4.78 is 4.72. The van der Waals surface area contributed by atoms with Gasteiger partial charge in [0.1, 0.15) is 0 Å². The zero-order chi connectivity index (χ0) is 12.1. The van der Waals surface area contributed by atoms with Crippen molar-refractivity contribution in [2.75, 3.05) is 7.11 Å². The van der Waals surface area contributed by atoms with Gasteiger partial charge in [-0.1, -0.05) is 30.8 Å². The number of rotatable bonds is 3.